The lowest BCUT2D eigenvalue weighted by Gasteiger charge is -2.02. The molecule has 0 nitrogen and oxygen atoms in total. The summed E-state index contributed by atoms with van der Waals surface area (Å²) in [6, 6.07) is 0. The molecule has 2 atom stereocenters. The second-order valence-corrected chi connectivity index (χ2v) is 2.22. The van der Waals surface area contributed by atoms with E-state index in [9.17, 15) is 4.39 Å². The van der Waals surface area contributed by atoms with Crippen LogP contribution in [0.1, 0.15) is 6.92 Å². The lowest BCUT2D eigenvalue weighted by Crippen LogP contribution is -2.12. The van der Waals surface area contributed by atoms with E-state index in [1.807, 2.05) is 0 Å². The van der Waals surface area contributed by atoms with Crippen LogP contribution in [0.3, 0.4) is 0 Å². The van der Waals surface area contributed by atoms with E-state index in [1.54, 1.807) is 0 Å². The average Bonchev–Trinajstić information content (AvgIpc) is 1.65. The molecule has 0 aliphatic rings. The van der Waals surface area contributed by atoms with Crippen molar-refractivity contribution in [2.75, 3.05) is 5.88 Å². The fourth-order valence-corrected chi connectivity index (χ4v) is 0.368. The lowest BCUT2D eigenvalue weighted by atomic mass is 10.3. The largest absolute Gasteiger partial charge is 0.246 e. The number of hydrogen-bond donors (Lipinski definition) is 0. The molecule has 0 aliphatic carbocycles. The Labute approximate surface area is 52.6 Å². The van der Waals surface area contributed by atoms with Crippen LogP contribution in [0.15, 0.2) is 0 Å². The van der Waals surface area contributed by atoms with Crippen molar-refractivity contribution in [3.63, 3.8) is 0 Å². The number of halogens is 3. The fourth-order valence-electron chi connectivity index (χ4n) is 0.123. The van der Waals surface area contributed by atoms with Gasteiger partial charge in [-0.3, -0.25) is 0 Å². The molecule has 0 heterocycles. The van der Waals surface area contributed by atoms with Gasteiger partial charge in [-0.1, -0.05) is 0 Å². The van der Waals surface area contributed by atoms with Crippen LogP contribution in [0.5, 0.6) is 0 Å². The van der Waals surface area contributed by atoms with E-state index in [-0.39, 0.29) is 5.88 Å². The Hall–Kier alpha value is 0.510. The summed E-state index contributed by atoms with van der Waals surface area (Å²) in [4.78, 5) is 0. The quantitative estimate of drug-likeness (QED) is 0.522. The molecule has 7 heavy (non-hydrogen) atoms. The Bertz CT molecular complexity index is 47.0. The zero-order valence-corrected chi connectivity index (χ0v) is 5.51. The van der Waals surface area contributed by atoms with Gasteiger partial charge in [-0.05, 0) is 6.92 Å². The molecule has 2 unspecified atom stereocenters. The summed E-state index contributed by atoms with van der Waals surface area (Å²) >= 11 is 10.5. The molecule has 0 N–H and O–H groups in total. The molecule has 0 rings (SSSR count). The average molecular weight is 145 g/mol. The molecule has 0 amide bonds. The van der Waals surface area contributed by atoms with Gasteiger partial charge in [0.25, 0.3) is 0 Å². The first-order chi connectivity index (χ1) is 3.18. The predicted molar refractivity (Wildman–Crippen MR) is 30.9 cm³/mol. The molecule has 0 aromatic carbocycles. The molecular formula is C4H7Cl2F. The van der Waals surface area contributed by atoms with Gasteiger partial charge < -0.3 is 0 Å². The van der Waals surface area contributed by atoms with Gasteiger partial charge in [0, 0.05) is 5.88 Å². The Morgan fingerprint density at radius 2 is 2.14 bits per heavy atom. The molecule has 0 saturated carbocycles. The summed E-state index contributed by atoms with van der Waals surface area (Å²) in [7, 11) is 0. The van der Waals surface area contributed by atoms with Crippen LogP contribution in [0, 0.1) is 0 Å². The monoisotopic (exact) mass is 144 g/mol. The third-order valence-electron chi connectivity index (χ3n) is 0.646. The van der Waals surface area contributed by atoms with E-state index < -0.39 is 11.5 Å². The van der Waals surface area contributed by atoms with Gasteiger partial charge >= 0.3 is 0 Å². The first-order valence-corrected chi connectivity index (χ1v) is 2.99. The maximum absolute atomic E-state index is 11.9. The highest BCUT2D eigenvalue weighted by Gasteiger charge is 2.09. The molecule has 0 spiro atoms. The molecule has 0 saturated heterocycles. The zero-order valence-electron chi connectivity index (χ0n) is 4.00. The third kappa shape index (κ3) is 3.12. The third-order valence-corrected chi connectivity index (χ3v) is 1.64. The molecule has 0 radical (unpaired) electrons. The van der Waals surface area contributed by atoms with Gasteiger partial charge in [0.2, 0.25) is 0 Å². The van der Waals surface area contributed by atoms with Gasteiger partial charge in [-0.15, -0.1) is 23.2 Å². The van der Waals surface area contributed by atoms with Gasteiger partial charge in [-0.25, -0.2) is 4.39 Å². The van der Waals surface area contributed by atoms with Crippen molar-refractivity contribution in [2.45, 2.75) is 18.5 Å². The van der Waals surface area contributed by atoms with Crippen molar-refractivity contribution in [3.05, 3.63) is 0 Å². The molecule has 3 heteroatoms. The molecule has 0 bridgehead atoms. The minimum absolute atomic E-state index is 0.180. The number of alkyl halides is 3. The van der Waals surface area contributed by atoms with Crippen molar-refractivity contribution >= 4 is 23.2 Å². The first kappa shape index (κ1) is 7.51. The van der Waals surface area contributed by atoms with Gasteiger partial charge in [0.15, 0.2) is 0 Å². The zero-order chi connectivity index (χ0) is 5.86. The minimum atomic E-state index is -1.00. The highest BCUT2D eigenvalue weighted by Crippen LogP contribution is 2.06. The second-order valence-electron chi connectivity index (χ2n) is 1.35. The maximum Gasteiger partial charge on any atom is 0.115 e. The normalized spacial score (nSPS) is 18.9. The highest BCUT2D eigenvalue weighted by molar-refractivity contribution is 6.28. The van der Waals surface area contributed by atoms with Crippen LogP contribution in [-0.2, 0) is 0 Å². The minimum Gasteiger partial charge on any atom is -0.246 e. The number of rotatable bonds is 2. The SMILES string of the molecule is CC(F)C(Cl)CCl. The first-order valence-electron chi connectivity index (χ1n) is 2.02. The van der Waals surface area contributed by atoms with Crippen molar-refractivity contribution in [1.82, 2.24) is 0 Å². The summed E-state index contributed by atoms with van der Waals surface area (Å²) in [6.45, 7) is 1.39. The summed E-state index contributed by atoms with van der Waals surface area (Å²) < 4.78 is 11.9. The van der Waals surface area contributed by atoms with Gasteiger partial charge in [0.05, 0.1) is 5.38 Å². The summed E-state index contributed by atoms with van der Waals surface area (Å²) in [6.07, 6.45) is -1.00. The van der Waals surface area contributed by atoms with Crippen molar-refractivity contribution in [2.24, 2.45) is 0 Å². The molecular weight excluding hydrogens is 138 g/mol. The predicted octanol–water partition coefficient (Wildman–Crippen LogP) is 2.19. The van der Waals surface area contributed by atoms with E-state index in [0.717, 1.165) is 0 Å². The summed E-state index contributed by atoms with van der Waals surface area (Å²) in [5.41, 5.74) is 0. The summed E-state index contributed by atoms with van der Waals surface area (Å²) in [5, 5.41) is -0.526. The molecule has 0 aromatic heterocycles. The van der Waals surface area contributed by atoms with E-state index in [4.69, 9.17) is 23.2 Å². The Morgan fingerprint density at radius 1 is 1.71 bits per heavy atom. The Kier molecular flexibility index (Phi) is 3.76. The van der Waals surface area contributed by atoms with Crippen LogP contribution in [0.4, 0.5) is 4.39 Å². The topological polar surface area (TPSA) is 0 Å². The van der Waals surface area contributed by atoms with Crippen molar-refractivity contribution in [3.8, 4) is 0 Å². The van der Waals surface area contributed by atoms with Crippen LogP contribution in [0.2, 0.25) is 0 Å². The van der Waals surface area contributed by atoms with Crippen LogP contribution in [-0.4, -0.2) is 17.4 Å². The van der Waals surface area contributed by atoms with E-state index >= 15 is 0 Å². The highest BCUT2D eigenvalue weighted by atomic mass is 35.5. The fraction of sp³-hybridized carbons (Fsp3) is 1.00. The maximum atomic E-state index is 11.9. The van der Waals surface area contributed by atoms with Crippen LogP contribution < -0.4 is 0 Å². The molecule has 0 fully saturated rings. The lowest BCUT2D eigenvalue weighted by molar-refractivity contribution is 0.358. The Morgan fingerprint density at radius 3 is 2.14 bits per heavy atom. The smallest absolute Gasteiger partial charge is 0.115 e. The van der Waals surface area contributed by atoms with Crippen molar-refractivity contribution < 1.29 is 4.39 Å². The van der Waals surface area contributed by atoms with E-state index in [2.05, 4.69) is 0 Å². The standard InChI is InChI=1S/C4H7Cl2F/c1-3(7)4(6)2-5/h3-4H,2H2,1H3. The Balaban J connectivity index is 3.14. The van der Waals surface area contributed by atoms with E-state index in [1.165, 1.54) is 6.92 Å². The van der Waals surface area contributed by atoms with Crippen LogP contribution >= 0.6 is 23.2 Å². The summed E-state index contributed by atoms with van der Waals surface area (Å²) in [5.74, 6) is 0.180. The van der Waals surface area contributed by atoms with Gasteiger partial charge in [-0.2, -0.15) is 0 Å². The van der Waals surface area contributed by atoms with Gasteiger partial charge in [0.1, 0.15) is 6.17 Å². The molecule has 0 aromatic rings. The van der Waals surface area contributed by atoms with E-state index in [0.29, 0.717) is 0 Å². The van der Waals surface area contributed by atoms with Crippen LogP contribution in [0.25, 0.3) is 0 Å². The van der Waals surface area contributed by atoms with Crippen molar-refractivity contribution in [1.29, 1.82) is 0 Å². The molecule has 0 aliphatic heterocycles. The molecule has 44 valence electrons. The number of hydrogen-bond acceptors (Lipinski definition) is 0. The second kappa shape index (κ2) is 3.50.